The number of aliphatic hydroxyl groups excluding tert-OH is 2. The highest BCUT2D eigenvalue weighted by molar-refractivity contribution is 5.97. The molecule has 0 bridgehead atoms. The molecule has 1 aliphatic heterocycles. The normalized spacial score (nSPS) is 19.1. The van der Waals surface area contributed by atoms with Crippen LogP contribution in [0.25, 0.3) is 0 Å². The van der Waals surface area contributed by atoms with Crippen LogP contribution in [0.3, 0.4) is 0 Å². The highest BCUT2D eigenvalue weighted by Crippen LogP contribution is 2.46. The highest BCUT2D eigenvalue weighted by Gasteiger charge is 2.42. The van der Waals surface area contributed by atoms with Crippen molar-refractivity contribution >= 4 is 11.6 Å². The van der Waals surface area contributed by atoms with Crippen molar-refractivity contribution in [3.05, 3.63) is 95.3 Å². The number of nitrogens with zero attached hydrogens (tertiary/aromatic N) is 1. The van der Waals surface area contributed by atoms with E-state index in [1.807, 2.05) is 30.3 Å². The fourth-order valence-electron chi connectivity index (χ4n) is 4.71. The maximum atomic E-state index is 13.2. The molecule has 3 aromatic carbocycles. The minimum Gasteiger partial charge on any atom is -0.508 e. The quantitative estimate of drug-likeness (QED) is 0.451. The fourth-order valence-corrected chi connectivity index (χ4v) is 4.71. The van der Waals surface area contributed by atoms with Crippen LogP contribution in [0.4, 0.5) is 10.1 Å². The number of hydrogen-bond donors (Lipinski definition) is 3. The number of hydrogen-bond acceptors (Lipinski definition) is 4. The van der Waals surface area contributed by atoms with E-state index < -0.39 is 6.10 Å². The van der Waals surface area contributed by atoms with Crippen LogP contribution in [0.15, 0.2) is 72.8 Å². The van der Waals surface area contributed by atoms with Crippen LogP contribution in [0.2, 0.25) is 0 Å². The van der Waals surface area contributed by atoms with Crippen LogP contribution in [0.1, 0.15) is 54.5 Å². The molecule has 0 aliphatic carbocycles. The molecule has 1 aliphatic rings. The summed E-state index contributed by atoms with van der Waals surface area (Å²) in [5.41, 5.74) is 2.68. The Morgan fingerprint density at radius 1 is 1.03 bits per heavy atom. The zero-order chi connectivity index (χ0) is 23.4. The van der Waals surface area contributed by atoms with E-state index in [4.69, 9.17) is 0 Å². The number of amides is 1. The number of aromatic hydroxyl groups is 1. The summed E-state index contributed by atoms with van der Waals surface area (Å²) in [5.74, 6) is -0.352. The van der Waals surface area contributed by atoms with E-state index in [0.717, 1.165) is 5.69 Å². The average molecular weight is 450 g/mol. The van der Waals surface area contributed by atoms with Gasteiger partial charge in [-0.1, -0.05) is 48.9 Å². The molecule has 172 valence electrons. The van der Waals surface area contributed by atoms with E-state index in [1.165, 1.54) is 18.2 Å². The number of benzene rings is 3. The smallest absolute Gasteiger partial charge is 0.227 e. The van der Waals surface area contributed by atoms with Crippen molar-refractivity contribution in [2.45, 2.75) is 44.4 Å². The number of halogens is 1. The van der Waals surface area contributed by atoms with Crippen LogP contribution < -0.4 is 4.90 Å². The van der Waals surface area contributed by atoms with Gasteiger partial charge in [-0.2, -0.15) is 0 Å². The van der Waals surface area contributed by atoms with Crippen LogP contribution >= 0.6 is 0 Å². The largest absolute Gasteiger partial charge is 0.508 e. The van der Waals surface area contributed by atoms with Crippen LogP contribution in [0, 0.1) is 11.7 Å². The summed E-state index contributed by atoms with van der Waals surface area (Å²) in [6, 6.07) is 20.0. The zero-order valence-corrected chi connectivity index (χ0v) is 18.3. The monoisotopic (exact) mass is 449 g/mol. The van der Waals surface area contributed by atoms with Crippen molar-refractivity contribution in [3.8, 4) is 5.75 Å². The Balaban J connectivity index is 1.55. The van der Waals surface area contributed by atoms with Crippen molar-refractivity contribution in [1.29, 1.82) is 0 Å². The van der Waals surface area contributed by atoms with Gasteiger partial charge in [0, 0.05) is 17.7 Å². The lowest BCUT2D eigenvalue weighted by Crippen LogP contribution is -2.28. The second-order valence-corrected chi connectivity index (χ2v) is 8.56. The first-order valence-corrected chi connectivity index (χ1v) is 11.2. The lowest BCUT2D eigenvalue weighted by atomic mass is 9.87. The Morgan fingerprint density at radius 3 is 2.42 bits per heavy atom. The Kier molecular flexibility index (Phi) is 7.06. The SMILES string of the molecule is O=C1C[C@H](CCCC(O)c2ccc(F)cc2)[C@@H](c2ccc(CO)cc2O)N1c1ccccc1. The van der Waals surface area contributed by atoms with Crippen LogP contribution in [-0.4, -0.2) is 21.2 Å². The number of para-hydroxylation sites is 1. The molecule has 1 saturated heterocycles. The molecule has 0 saturated carbocycles. The number of carbonyl (C=O) groups is 1. The summed E-state index contributed by atoms with van der Waals surface area (Å²) in [6.45, 7) is -0.176. The number of carbonyl (C=O) groups excluding carboxylic acids is 1. The van der Waals surface area contributed by atoms with Crippen molar-refractivity contribution < 1.29 is 24.5 Å². The first kappa shape index (κ1) is 23.0. The summed E-state index contributed by atoms with van der Waals surface area (Å²) >= 11 is 0. The summed E-state index contributed by atoms with van der Waals surface area (Å²) in [6.07, 6.45) is 1.48. The third kappa shape index (κ3) is 5.07. The highest BCUT2D eigenvalue weighted by atomic mass is 19.1. The zero-order valence-electron chi connectivity index (χ0n) is 18.3. The molecule has 3 N–H and O–H groups in total. The Hall–Kier alpha value is -3.22. The van der Waals surface area contributed by atoms with Crippen LogP contribution in [0.5, 0.6) is 5.75 Å². The molecular weight excluding hydrogens is 421 g/mol. The van der Waals surface area contributed by atoms with E-state index in [-0.39, 0.29) is 36.0 Å². The predicted molar refractivity (Wildman–Crippen MR) is 124 cm³/mol. The molecule has 6 heteroatoms. The van der Waals surface area contributed by atoms with Crippen molar-refractivity contribution in [3.63, 3.8) is 0 Å². The molecule has 1 unspecified atom stereocenters. The summed E-state index contributed by atoms with van der Waals surface area (Å²) in [4.78, 5) is 14.8. The van der Waals surface area contributed by atoms with Gasteiger partial charge in [0.1, 0.15) is 11.6 Å². The first-order chi connectivity index (χ1) is 16.0. The summed E-state index contributed by atoms with van der Waals surface area (Å²) in [7, 11) is 0. The standard InChI is InChI=1S/C27H28FNO4/c28-21-12-10-19(11-13-21)24(31)8-4-5-20-16-26(33)29(22-6-2-1-3-7-22)27(20)23-14-9-18(17-30)15-25(23)32/h1-3,6-7,9-15,20,24,27,30-32H,4-5,8,16-17H2/t20-,24?,27-/m0/s1. The van der Waals surface area contributed by atoms with Gasteiger partial charge in [-0.05, 0) is 60.2 Å². The molecule has 3 atom stereocenters. The molecule has 33 heavy (non-hydrogen) atoms. The number of aliphatic hydroxyl groups is 2. The van der Waals surface area contributed by atoms with Gasteiger partial charge in [-0.15, -0.1) is 0 Å². The first-order valence-electron chi connectivity index (χ1n) is 11.2. The van der Waals surface area contributed by atoms with E-state index in [9.17, 15) is 24.5 Å². The van der Waals surface area contributed by atoms with Gasteiger partial charge in [0.15, 0.2) is 0 Å². The number of phenols is 1. The van der Waals surface area contributed by atoms with Crippen LogP contribution in [-0.2, 0) is 11.4 Å². The predicted octanol–water partition coefficient (Wildman–Crippen LogP) is 5.02. The molecule has 1 heterocycles. The molecule has 0 spiro atoms. The van der Waals surface area contributed by atoms with E-state index in [2.05, 4.69) is 0 Å². The van der Waals surface area contributed by atoms with Gasteiger partial charge in [0.2, 0.25) is 5.91 Å². The van der Waals surface area contributed by atoms with Crippen molar-refractivity contribution in [2.75, 3.05) is 4.90 Å². The molecule has 1 fully saturated rings. The van der Waals surface area contributed by atoms with E-state index in [0.29, 0.717) is 42.4 Å². The third-order valence-electron chi connectivity index (χ3n) is 6.37. The summed E-state index contributed by atoms with van der Waals surface area (Å²) < 4.78 is 13.2. The van der Waals surface area contributed by atoms with E-state index in [1.54, 1.807) is 29.2 Å². The van der Waals surface area contributed by atoms with Crippen molar-refractivity contribution in [1.82, 2.24) is 0 Å². The molecule has 0 aromatic heterocycles. The van der Waals surface area contributed by atoms with Gasteiger partial charge in [-0.3, -0.25) is 4.79 Å². The van der Waals surface area contributed by atoms with E-state index >= 15 is 0 Å². The third-order valence-corrected chi connectivity index (χ3v) is 6.37. The van der Waals surface area contributed by atoms with Gasteiger partial charge in [-0.25, -0.2) is 4.39 Å². The average Bonchev–Trinajstić information content (AvgIpc) is 3.15. The van der Waals surface area contributed by atoms with Gasteiger partial charge < -0.3 is 20.2 Å². The van der Waals surface area contributed by atoms with Crippen molar-refractivity contribution in [2.24, 2.45) is 5.92 Å². The Bertz CT molecular complexity index is 1090. The number of anilines is 1. The molecule has 4 rings (SSSR count). The molecule has 5 nitrogen and oxygen atoms in total. The van der Waals surface area contributed by atoms with Gasteiger partial charge in [0.05, 0.1) is 18.8 Å². The molecule has 0 radical (unpaired) electrons. The second kappa shape index (κ2) is 10.1. The maximum Gasteiger partial charge on any atom is 0.227 e. The van der Waals surface area contributed by atoms with Gasteiger partial charge >= 0.3 is 0 Å². The molecular formula is C27H28FNO4. The Labute approximate surface area is 192 Å². The summed E-state index contributed by atoms with van der Waals surface area (Å²) in [5, 5.41) is 30.6. The Morgan fingerprint density at radius 2 is 1.76 bits per heavy atom. The minimum atomic E-state index is -0.705. The lowest BCUT2D eigenvalue weighted by Gasteiger charge is -2.29. The lowest BCUT2D eigenvalue weighted by molar-refractivity contribution is -0.117. The maximum absolute atomic E-state index is 13.2. The molecule has 1 amide bonds. The minimum absolute atomic E-state index is 0.0130. The molecule has 3 aromatic rings. The van der Waals surface area contributed by atoms with Gasteiger partial charge in [0.25, 0.3) is 0 Å². The topological polar surface area (TPSA) is 81.0 Å². The number of phenolic OH excluding ortho intramolecular Hbond substituents is 1. The number of rotatable bonds is 8. The fraction of sp³-hybridized carbons (Fsp3) is 0.296. The second-order valence-electron chi connectivity index (χ2n) is 8.56.